The fourth-order valence-electron chi connectivity index (χ4n) is 1.68. The lowest BCUT2D eigenvalue weighted by Crippen LogP contribution is -2.17. The van der Waals surface area contributed by atoms with Crippen LogP contribution in [0.3, 0.4) is 0 Å². The fraction of sp³-hybridized carbons (Fsp3) is 1.00. The van der Waals surface area contributed by atoms with Gasteiger partial charge in [0.25, 0.3) is 0 Å². The second kappa shape index (κ2) is 7.01. The first kappa shape index (κ1) is 12.0. The molecule has 2 rings (SSSR count). The van der Waals surface area contributed by atoms with E-state index in [-0.39, 0.29) is 10.9 Å². The highest BCUT2D eigenvalue weighted by molar-refractivity contribution is 8.08. The van der Waals surface area contributed by atoms with Crippen molar-refractivity contribution in [2.75, 3.05) is 13.2 Å². The summed E-state index contributed by atoms with van der Waals surface area (Å²) in [7, 11) is 0. The minimum absolute atomic E-state index is 0.231. The molecule has 2 unspecified atom stereocenters. The third kappa shape index (κ3) is 4.53. The van der Waals surface area contributed by atoms with Gasteiger partial charge in [-0.1, -0.05) is 0 Å². The van der Waals surface area contributed by atoms with Crippen LogP contribution in [0.5, 0.6) is 0 Å². The lowest BCUT2D eigenvalue weighted by atomic mass is 10.2. The molecule has 88 valence electrons. The van der Waals surface area contributed by atoms with E-state index in [0.717, 1.165) is 26.1 Å². The maximum Gasteiger partial charge on any atom is 0.130 e. The van der Waals surface area contributed by atoms with Crippen molar-refractivity contribution in [1.82, 2.24) is 0 Å². The monoisotopic (exact) mass is 250 g/mol. The largest absolute Gasteiger partial charge is 0.365 e. The Hall–Kier alpha value is 0.580. The first-order valence-electron chi connectivity index (χ1n) is 5.67. The normalized spacial score (nSPS) is 32.8. The molecule has 2 aliphatic rings. The smallest absolute Gasteiger partial charge is 0.130 e. The third-order valence-corrected chi connectivity index (χ3v) is 4.37. The molecule has 0 N–H and O–H groups in total. The van der Waals surface area contributed by atoms with Crippen molar-refractivity contribution in [3.63, 3.8) is 0 Å². The number of ether oxygens (including phenoxy) is 2. The molecule has 0 bridgehead atoms. The molecule has 2 aliphatic heterocycles. The van der Waals surface area contributed by atoms with Crippen molar-refractivity contribution in [2.24, 2.45) is 0 Å². The molecular formula is C10H18O3S2. The van der Waals surface area contributed by atoms with E-state index in [1.165, 1.54) is 49.8 Å². The van der Waals surface area contributed by atoms with E-state index in [1.807, 2.05) is 0 Å². The van der Waals surface area contributed by atoms with Crippen LogP contribution in [-0.4, -0.2) is 24.1 Å². The zero-order chi connectivity index (χ0) is 10.3. The van der Waals surface area contributed by atoms with E-state index in [9.17, 15) is 0 Å². The molecule has 0 radical (unpaired) electrons. The van der Waals surface area contributed by atoms with Crippen molar-refractivity contribution in [3.8, 4) is 0 Å². The number of hydrogen-bond donors (Lipinski definition) is 0. The van der Waals surface area contributed by atoms with E-state index >= 15 is 0 Å². The zero-order valence-electron chi connectivity index (χ0n) is 8.85. The molecule has 0 saturated carbocycles. The second-order valence-electron chi connectivity index (χ2n) is 3.85. The maximum absolute atomic E-state index is 5.55. The van der Waals surface area contributed by atoms with Gasteiger partial charge in [-0.05, 0) is 38.5 Å². The Morgan fingerprint density at radius 3 is 1.73 bits per heavy atom. The summed E-state index contributed by atoms with van der Waals surface area (Å²) in [6.45, 7) is 1.76. The van der Waals surface area contributed by atoms with Crippen LogP contribution in [0.1, 0.15) is 38.5 Å². The minimum Gasteiger partial charge on any atom is -0.365 e. The van der Waals surface area contributed by atoms with E-state index in [2.05, 4.69) is 0 Å². The van der Waals surface area contributed by atoms with Gasteiger partial charge in [0.15, 0.2) is 0 Å². The van der Waals surface area contributed by atoms with Crippen molar-refractivity contribution < 1.29 is 13.1 Å². The highest BCUT2D eigenvalue weighted by Crippen LogP contribution is 2.32. The van der Waals surface area contributed by atoms with Gasteiger partial charge < -0.3 is 9.47 Å². The Kier molecular flexibility index (Phi) is 5.63. The second-order valence-corrected chi connectivity index (χ2v) is 5.83. The summed E-state index contributed by atoms with van der Waals surface area (Å²) in [6, 6.07) is 0. The number of rotatable bonds is 4. The van der Waals surface area contributed by atoms with Crippen LogP contribution in [0.2, 0.25) is 0 Å². The highest BCUT2D eigenvalue weighted by Gasteiger charge is 2.19. The molecule has 2 heterocycles. The van der Waals surface area contributed by atoms with Gasteiger partial charge in [-0.2, -0.15) is 0 Å². The SMILES string of the molecule is C1CCC(SOSC2CCCCO2)OC1. The van der Waals surface area contributed by atoms with Crippen LogP contribution in [0.4, 0.5) is 0 Å². The molecule has 0 aromatic carbocycles. The van der Waals surface area contributed by atoms with Crippen molar-refractivity contribution in [3.05, 3.63) is 0 Å². The molecular weight excluding hydrogens is 232 g/mol. The van der Waals surface area contributed by atoms with Crippen LogP contribution in [0, 0.1) is 0 Å². The minimum atomic E-state index is 0.231. The first-order valence-corrected chi connectivity index (χ1v) is 7.28. The average Bonchev–Trinajstić information content (AvgIpc) is 2.32. The van der Waals surface area contributed by atoms with Gasteiger partial charge in [-0.15, -0.1) is 0 Å². The Balaban J connectivity index is 1.53. The molecule has 0 spiro atoms. The van der Waals surface area contributed by atoms with E-state index in [1.54, 1.807) is 0 Å². The molecule has 5 heteroatoms. The van der Waals surface area contributed by atoms with Crippen molar-refractivity contribution >= 4 is 24.1 Å². The van der Waals surface area contributed by atoms with Crippen LogP contribution < -0.4 is 0 Å². The Morgan fingerprint density at radius 1 is 0.800 bits per heavy atom. The summed E-state index contributed by atoms with van der Waals surface area (Å²) in [6.07, 6.45) is 7.11. The van der Waals surface area contributed by atoms with Crippen molar-refractivity contribution in [1.29, 1.82) is 0 Å². The summed E-state index contributed by atoms with van der Waals surface area (Å²) >= 11 is 2.90. The quantitative estimate of drug-likeness (QED) is 0.713. The first-order chi connectivity index (χ1) is 7.45. The topological polar surface area (TPSA) is 27.7 Å². The molecule has 2 fully saturated rings. The van der Waals surface area contributed by atoms with Gasteiger partial charge in [0.1, 0.15) is 10.9 Å². The van der Waals surface area contributed by atoms with Gasteiger partial charge in [0.05, 0.1) is 0 Å². The third-order valence-electron chi connectivity index (χ3n) is 2.57. The standard InChI is InChI=1S/C10H18O3S2/c1-3-7-11-9(5-1)14-13-15-10-6-2-4-8-12-10/h9-10H,1-8H2. The molecule has 0 aromatic rings. The van der Waals surface area contributed by atoms with E-state index < -0.39 is 0 Å². The maximum atomic E-state index is 5.55. The van der Waals surface area contributed by atoms with Crippen LogP contribution >= 0.6 is 24.1 Å². The molecule has 3 nitrogen and oxygen atoms in total. The van der Waals surface area contributed by atoms with E-state index in [0.29, 0.717) is 0 Å². The molecule has 15 heavy (non-hydrogen) atoms. The fourth-order valence-corrected chi connectivity index (χ4v) is 3.40. The molecule has 2 saturated heterocycles. The van der Waals surface area contributed by atoms with Gasteiger partial charge in [-0.3, -0.25) is 0 Å². The van der Waals surface area contributed by atoms with Crippen LogP contribution in [-0.2, 0) is 13.1 Å². The Bertz CT molecular complexity index is 150. The summed E-state index contributed by atoms with van der Waals surface area (Å²) < 4.78 is 16.6. The van der Waals surface area contributed by atoms with Crippen molar-refractivity contribution in [2.45, 2.75) is 49.4 Å². The highest BCUT2D eigenvalue weighted by atomic mass is 32.2. The van der Waals surface area contributed by atoms with Gasteiger partial charge in [-0.25, -0.2) is 3.63 Å². The summed E-state index contributed by atoms with van der Waals surface area (Å²) in [4.78, 5) is 0. The van der Waals surface area contributed by atoms with Gasteiger partial charge >= 0.3 is 0 Å². The summed E-state index contributed by atoms with van der Waals surface area (Å²) in [5.41, 5.74) is 0.463. The van der Waals surface area contributed by atoms with Crippen LogP contribution in [0.15, 0.2) is 0 Å². The lowest BCUT2D eigenvalue weighted by molar-refractivity contribution is 0.0669. The Labute approximate surface area is 100 Å². The number of hydrogen-bond acceptors (Lipinski definition) is 5. The zero-order valence-corrected chi connectivity index (χ0v) is 10.5. The molecule has 2 atom stereocenters. The summed E-state index contributed by atoms with van der Waals surface area (Å²) in [5, 5.41) is 0. The molecule has 0 aliphatic carbocycles. The Morgan fingerprint density at radius 2 is 1.33 bits per heavy atom. The van der Waals surface area contributed by atoms with E-state index in [4.69, 9.17) is 13.1 Å². The van der Waals surface area contributed by atoms with Gasteiger partial charge in [0, 0.05) is 37.3 Å². The average molecular weight is 250 g/mol. The van der Waals surface area contributed by atoms with Crippen LogP contribution in [0.25, 0.3) is 0 Å². The molecule has 0 amide bonds. The predicted octanol–water partition coefficient (Wildman–Crippen LogP) is 3.35. The lowest BCUT2D eigenvalue weighted by Gasteiger charge is -2.23. The predicted molar refractivity (Wildman–Crippen MR) is 63.4 cm³/mol. The van der Waals surface area contributed by atoms with Gasteiger partial charge in [0.2, 0.25) is 0 Å². The summed E-state index contributed by atoms with van der Waals surface area (Å²) in [5.74, 6) is 0. The molecule has 0 aromatic heterocycles.